The van der Waals surface area contributed by atoms with Crippen molar-refractivity contribution in [3.63, 3.8) is 0 Å². The Morgan fingerprint density at radius 3 is 2.46 bits per heavy atom. The van der Waals surface area contributed by atoms with E-state index in [1.807, 2.05) is 34.0 Å². The topological polar surface area (TPSA) is 84.8 Å². The molecule has 1 fully saturated rings. The molecule has 1 unspecified atom stereocenters. The van der Waals surface area contributed by atoms with Gasteiger partial charge in [0.25, 0.3) is 0 Å². The van der Waals surface area contributed by atoms with Gasteiger partial charge in [-0.2, -0.15) is 0 Å². The largest absolute Gasteiger partial charge is 0.489 e. The van der Waals surface area contributed by atoms with E-state index < -0.39 is 0 Å². The molecule has 6 heteroatoms. The predicted octanol–water partition coefficient (Wildman–Crippen LogP) is 1.82. The number of hydrogen-bond donors (Lipinski definition) is 2. The van der Waals surface area contributed by atoms with E-state index in [9.17, 15) is 4.79 Å². The maximum Gasteiger partial charge on any atom is 0.142 e. The van der Waals surface area contributed by atoms with Gasteiger partial charge in [0.15, 0.2) is 0 Å². The fourth-order valence-electron chi connectivity index (χ4n) is 3.73. The summed E-state index contributed by atoms with van der Waals surface area (Å²) in [6.45, 7) is 7.06. The number of piperidine rings is 1. The molecule has 1 saturated heterocycles. The molecule has 0 aliphatic carbocycles. The van der Waals surface area contributed by atoms with Gasteiger partial charge in [-0.25, -0.2) is 0 Å². The van der Waals surface area contributed by atoms with E-state index in [1.54, 1.807) is 0 Å². The molecule has 1 aromatic carbocycles. The molecule has 2 rings (SSSR count). The lowest BCUT2D eigenvalue weighted by atomic mass is 9.85. The van der Waals surface area contributed by atoms with Gasteiger partial charge in [-0.15, -0.1) is 0 Å². The maximum atomic E-state index is 11.5. The molecule has 1 atom stereocenters. The van der Waals surface area contributed by atoms with Gasteiger partial charge in [0.05, 0.1) is 17.8 Å². The normalized spacial score (nSPS) is 17.7. The number of carbonyl (C=O) groups excluding carboxylic acids is 1. The molecular formula is C20H34N4O2. The average molecular weight is 363 g/mol. The molecule has 0 amide bonds. The van der Waals surface area contributed by atoms with Gasteiger partial charge in [-0.05, 0) is 83.1 Å². The smallest absolute Gasteiger partial charge is 0.142 e. The summed E-state index contributed by atoms with van der Waals surface area (Å²) >= 11 is 0. The summed E-state index contributed by atoms with van der Waals surface area (Å²) in [6.07, 6.45) is 3.17. The minimum atomic E-state index is -0.0359. The number of nitrogens with two attached hydrogens (primary N) is 2. The number of likely N-dealkylation sites (tertiary alicyclic amines) is 1. The molecular weight excluding hydrogens is 328 g/mol. The molecule has 4 N–H and O–H groups in total. The lowest BCUT2D eigenvalue weighted by Crippen LogP contribution is -2.46. The molecule has 6 nitrogen and oxygen atoms in total. The van der Waals surface area contributed by atoms with Crippen molar-refractivity contribution >= 4 is 12.0 Å². The van der Waals surface area contributed by atoms with Crippen LogP contribution in [0.15, 0.2) is 12.1 Å². The third kappa shape index (κ3) is 5.19. The van der Waals surface area contributed by atoms with Crippen molar-refractivity contribution in [3.8, 4) is 5.75 Å². The van der Waals surface area contributed by atoms with Crippen LogP contribution in [0.25, 0.3) is 0 Å². The molecule has 1 heterocycles. The van der Waals surface area contributed by atoms with Crippen LogP contribution < -0.4 is 16.2 Å². The zero-order valence-electron chi connectivity index (χ0n) is 16.6. The van der Waals surface area contributed by atoms with E-state index >= 15 is 0 Å². The number of aldehydes is 1. The summed E-state index contributed by atoms with van der Waals surface area (Å²) < 4.78 is 5.87. The summed E-state index contributed by atoms with van der Waals surface area (Å²) in [5, 5.41) is 0. The first-order valence-electron chi connectivity index (χ1n) is 9.48. The Bertz CT molecular complexity index is 596. The average Bonchev–Trinajstić information content (AvgIpc) is 2.60. The lowest BCUT2D eigenvalue weighted by Gasteiger charge is -2.37. The summed E-state index contributed by atoms with van der Waals surface area (Å²) in [5.41, 5.74) is 15.1. The second kappa shape index (κ2) is 9.35. The van der Waals surface area contributed by atoms with Crippen LogP contribution in [0.3, 0.4) is 0 Å². The summed E-state index contributed by atoms with van der Waals surface area (Å²) in [7, 11) is 4.00. The van der Waals surface area contributed by atoms with Crippen molar-refractivity contribution in [3.05, 3.63) is 23.3 Å². The highest BCUT2D eigenvalue weighted by Gasteiger charge is 2.27. The van der Waals surface area contributed by atoms with Gasteiger partial charge in [0.1, 0.15) is 12.0 Å². The lowest BCUT2D eigenvalue weighted by molar-refractivity contribution is -0.113. The molecule has 0 aromatic heterocycles. The van der Waals surface area contributed by atoms with E-state index in [0.717, 1.165) is 50.1 Å². The van der Waals surface area contributed by atoms with Gasteiger partial charge in [0.2, 0.25) is 0 Å². The van der Waals surface area contributed by atoms with Gasteiger partial charge < -0.3 is 25.9 Å². The Morgan fingerprint density at radius 1 is 1.31 bits per heavy atom. The Balaban J connectivity index is 2.13. The number of rotatable bonds is 8. The molecule has 0 radical (unpaired) electrons. The molecule has 0 saturated carbocycles. The highest BCUT2D eigenvalue weighted by Crippen LogP contribution is 2.36. The third-order valence-electron chi connectivity index (χ3n) is 5.00. The van der Waals surface area contributed by atoms with Crippen molar-refractivity contribution in [1.82, 2.24) is 9.80 Å². The number of nitrogens with zero attached hydrogens (tertiary/aromatic N) is 2. The quantitative estimate of drug-likeness (QED) is 0.542. The van der Waals surface area contributed by atoms with E-state index in [4.69, 9.17) is 16.2 Å². The molecule has 1 aliphatic rings. The molecule has 26 heavy (non-hydrogen) atoms. The number of nitrogen functional groups attached to an aromatic ring is 1. The SMILES string of the molecule is CC(C)Oc1cc(C2CCN(C(C=O)CN(C)C)CC2)c(CN)cc1N. The Labute approximate surface area is 157 Å². The first-order valence-corrected chi connectivity index (χ1v) is 9.48. The Hall–Kier alpha value is -1.63. The number of likely N-dealkylation sites (N-methyl/N-ethyl adjacent to an activating group) is 1. The van der Waals surface area contributed by atoms with Crippen LogP contribution in [-0.2, 0) is 11.3 Å². The van der Waals surface area contributed by atoms with Gasteiger partial charge >= 0.3 is 0 Å². The number of anilines is 1. The number of benzene rings is 1. The van der Waals surface area contributed by atoms with Crippen LogP contribution in [0.4, 0.5) is 5.69 Å². The van der Waals surface area contributed by atoms with Crippen molar-refractivity contribution in [1.29, 1.82) is 0 Å². The molecule has 146 valence electrons. The fourth-order valence-corrected chi connectivity index (χ4v) is 3.73. The van der Waals surface area contributed by atoms with Gasteiger partial charge in [-0.1, -0.05) is 0 Å². The third-order valence-corrected chi connectivity index (χ3v) is 5.00. The van der Waals surface area contributed by atoms with Crippen molar-refractivity contribution in [2.24, 2.45) is 5.73 Å². The second-order valence-corrected chi connectivity index (χ2v) is 7.74. The van der Waals surface area contributed by atoms with E-state index in [0.29, 0.717) is 18.2 Å². The van der Waals surface area contributed by atoms with Crippen LogP contribution in [0.5, 0.6) is 5.75 Å². The summed E-state index contributed by atoms with van der Waals surface area (Å²) in [5.74, 6) is 1.17. The van der Waals surface area contributed by atoms with Crippen molar-refractivity contribution in [2.75, 3.05) is 39.5 Å². The van der Waals surface area contributed by atoms with Crippen LogP contribution >= 0.6 is 0 Å². The van der Waals surface area contributed by atoms with Gasteiger partial charge in [0, 0.05) is 13.1 Å². The van der Waals surface area contributed by atoms with Crippen LogP contribution in [0.2, 0.25) is 0 Å². The predicted molar refractivity (Wildman–Crippen MR) is 106 cm³/mol. The number of ether oxygens (including phenoxy) is 1. The minimum absolute atomic E-state index is 0.0359. The molecule has 1 aromatic rings. The number of hydrogen-bond acceptors (Lipinski definition) is 6. The van der Waals surface area contributed by atoms with Gasteiger partial charge in [-0.3, -0.25) is 4.90 Å². The first kappa shape index (κ1) is 20.7. The van der Waals surface area contributed by atoms with E-state index in [1.165, 1.54) is 5.56 Å². The maximum absolute atomic E-state index is 11.5. The zero-order valence-corrected chi connectivity index (χ0v) is 16.6. The van der Waals surface area contributed by atoms with Crippen molar-refractivity contribution < 1.29 is 9.53 Å². The highest BCUT2D eigenvalue weighted by atomic mass is 16.5. The molecule has 0 spiro atoms. The second-order valence-electron chi connectivity index (χ2n) is 7.74. The fraction of sp³-hybridized carbons (Fsp3) is 0.650. The van der Waals surface area contributed by atoms with Crippen LogP contribution in [-0.4, -0.2) is 62.0 Å². The van der Waals surface area contributed by atoms with E-state index in [2.05, 4.69) is 15.9 Å². The first-order chi connectivity index (χ1) is 12.3. The zero-order chi connectivity index (χ0) is 19.3. The summed E-state index contributed by atoms with van der Waals surface area (Å²) in [4.78, 5) is 15.8. The van der Waals surface area contributed by atoms with Crippen molar-refractivity contribution in [2.45, 2.75) is 51.3 Å². The Kier molecular flexibility index (Phi) is 7.43. The summed E-state index contributed by atoms with van der Waals surface area (Å²) in [6, 6.07) is 4.00. The molecule has 0 bridgehead atoms. The van der Waals surface area contributed by atoms with E-state index in [-0.39, 0.29) is 12.1 Å². The Morgan fingerprint density at radius 2 is 1.96 bits per heavy atom. The standard InChI is InChI=1S/C20H34N4O2/c1-14(2)26-20-10-18(16(11-21)9-19(20)22)15-5-7-24(8-6-15)17(13-25)12-23(3)4/h9-10,13-15,17H,5-8,11-12,21-22H2,1-4H3. The van der Waals surface area contributed by atoms with Crippen LogP contribution in [0, 0.1) is 0 Å². The highest BCUT2D eigenvalue weighted by molar-refractivity contribution is 5.59. The van der Waals surface area contributed by atoms with Crippen LogP contribution in [0.1, 0.15) is 43.7 Å². The monoisotopic (exact) mass is 362 g/mol. The minimum Gasteiger partial charge on any atom is -0.489 e. The molecule has 1 aliphatic heterocycles. The number of carbonyl (C=O) groups is 1.